The van der Waals surface area contributed by atoms with Gasteiger partial charge in [0, 0.05) is 43.8 Å². The summed E-state index contributed by atoms with van der Waals surface area (Å²) >= 11 is 0. The predicted molar refractivity (Wildman–Crippen MR) is 86.6 cm³/mol. The number of aromatic amines is 1. The van der Waals surface area contributed by atoms with Crippen molar-refractivity contribution in [2.75, 3.05) is 30.3 Å². The van der Waals surface area contributed by atoms with Crippen molar-refractivity contribution in [3.63, 3.8) is 0 Å². The van der Waals surface area contributed by atoms with Crippen molar-refractivity contribution in [2.45, 2.75) is 13.8 Å². The van der Waals surface area contributed by atoms with Gasteiger partial charge in [0.05, 0.1) is 5.56 Å². The zero-order valence-electron chi connectivity index (χ0n) is 13.0. The summed E-state index contributed by atoms with van der Waals surface area (Å²) in [6.45, 7) is 5.18. The zero-order chi connectivity index (χ0) is 16.7. The molecular weight excluding hydrogens is 298 g/mol. The molecule has 0 bridgehead atoms. The van der Waals surface area contributed by atoms with Gasteiger partial charge in [0.1, 0.15) is 0 Å². The average molecular weight is 317 g/mol. The van der Waals surface area contributed by atoms with E-state index < -0.39 is 0 Å². The first kappa shape index (κ1) is 16.4. The Labute approximate surface area is 133 Å². The highest BCUT2D eigenvalue weighted by molar-refractivity contribution is 5.93. The van der Waals surface area contributed by atoms with E-state index in [4.69, 9.17) is 0 Å². The summed E-state index contributed by atoms with van der Waals surface area (Å²) in [5.74, 6) is 0.600. The number of hydrogen-bond acceptors (Lipinski definition) is 7. The number of hydrogen-bond donors (Lipinski definition) is 4. The van der Waals surface area contributed by atoms with Crippen molar-refractivity contribution in [1.29, 1.82) is 0 Å². The minimum atomic E-state index is -0.263. The number of aryl methyl sites for hydroxylation is 1. The molecule has 0 spiro atoms. The van der Waals surface area contributed by atoms with Gasteiger partial charge in [-0.2, -0.15) is 0 Å². The number of amides is 1. The molecule has 0 saturated heterocycles. The molecule has 2 aromatic rings. The quantitative estimate of drug-likeness (QED) is 0.535. The van der Waals surface area contributed by atoms with Crippen LogP contribution in [-0.4, -0.2) is 45.5 Å². The van der Waals surface area contributed by atoms with Crippen LogP contribution in [0.15, 0.2) is 23.3 Å². The molecule has 4 N–H and O–H groups in total. The largest absolute Gasteiger partial charge is 0.355 e. The Hall–Kier alpha value is -2.97. The minimum absolute atomic E-state index is 0.220. The number of nitrogens with zero attached hydrogens (tertiary/aromatic N) is 3. The van der Waals surface area contributed by atoms with E-state index in [1.54, 1.807) is 6.92 Å². The van der Waals surface area contributed by atoms with Crippen LogP contribution in [0.25, 0.3) is 0 Å². The van der Waals surface area contributed by atoms with E-state index in [9.17, 15) is 9.59 Å². The Morgan fingerprint density at radius 2 is 1.96 bits per heavy atom. The van der Waals surface area contributed by atoms with Gasteiger partial charge in [-0.05, 0) is 13.8 Å². The Morgan fingerprint density at radius 3 is 2.61 bits per heavy atom. The maximum atomic E-state index is 11.9. The van der Waals surface area contributed by atoms with E-state index in [0.29, 0.717) is 42.8 Å². The van der Waals surface area contributed by atoms with Gasteiger partial charge in [-0.25, -0.2) is 15.0 Å². The maximum absolute atomic E-state index is 11.9. The molecule has 2 heterocycles. The van der Waals surface area contributed by atoms with E-state index in [0.717, 1.165) is 0 Å². The molecule has 1 amide bonds. The van der Waals surface area contributed by atoms with Crippen LogP contribution in [0.3, 0.4) is 0 Å². The van der Waals surface area contributed by atoms with Crippen LogP contribution >= 0.6 is 0 Å². The van der Waals surface area contributed by atoms with Crippen LogP contribution < -0.4 is 21.5 Å². The van der Waals surface area contributed by atoms with E-state index >= 15 is 0 Å². The average Bonchev–Trinajstić information content (AvgIpc) is 2.51. The van der Waals surface area contributed by atoms with Gasteiger partial charge in [-0.15, -0.1) is 0 Å². The summed E-state index contributed by atoms with van der Waals surface area (Å²) in [5.41, 5.74) is 0.786. The molecule has 9 nitrogen and oxygen atoms in total. The molecule has 0 fully saturated rings. The normalized spacial score (nSPS) is 10.2. The lowest BCUT2D eigenvalue weighted by atomic mass is 10.3. The molecule has 2 rings (SSSR count). The predicted octanol–water partition coefficient (Wildman–Crippen LogP) is 0.142. The SMILES string of the molecule is CCNc1ncc(C(=O)NCCNc2nc(C)cc(=O)[nH]2)cn1. The number of nitrogens with one attached hydrogen (secondary N) is 4. The van der Waals surface area contributed by atoms with Crippen LogP contribution in [0, 0.1) is 6.92 Å². The van der Waals surface area contributed by atoms with Gasteiger partial charge in [-0.1, -0.05) is 0 Å². The van der Waals surface area contributed by atoms with Crippen LogP contribution in [0.4, 0.5) is 11.9 Å². The monoisotopic (exact) mass is 317 g/mol. The summed E-state index contributed by atoms with van der Waals surface area (Å²) < 4.78 is 0. The topological polar surface area (TPSA) is 125 Å². The van der Waals surface area contributed by atoms with Crippen molar-refractivity contribution in [3.05, 3.63) is 40.1 Å². The van der Waals surface area contributed by atoms with E-state index in [1.807, 2.05) is 6.92 Å². The molecule has 0 unspecified atom stereocenters. The number of H-pyrrole nitrogens is 1. The Morgan fingerprint density at radius 1 is 1.22 bits per heavy atom. The van der Waals surface area contributed by atoms with Gasteiger partial charge < -0.3 is 16.0 Å². The Kier molecular flexibility index (Phi) is 5.61. The highest BCUT2D eigenvalue weighted by Gasteiger charge is 2.06. The first-order valence-corrected chi connectivity index (χ1v) is 7.24. The molecule has 122 valence electrons. The molecule has 0 radical (unpaired) electrons. The fourth-order valence-electron chi connectivity index (χ4n) is 1.82. The standard InChI is InChI=1S/C14H19N7O2/c1-3-15-13-18-7-10(8-19-13)12(23)16-4-5-17-14-20-9(2)6-11(22)21-14/h6-8H,3-5H2,1-2H3,(H,16,23)(H,15,18,19)(H2,17,20,21,22). The lowest BCUT2D eigenvalue weighted by Crippen LogP contribution is -2.29. The number of aromatic nitrogens is 4. The summed E-state index contributed by atoms with van der Waals surface area (Å²) in [6.07, 6.45) is 2.93. The van der Waals surface area contributed by atoms with Crippen molar-refractivity contribution in [2.24, 2.45) is 0 Å². The Bertz CT molecular complexity index is 712. The molecule has 0 atom stereocenters. The fourth-order valence-corrected chi connectivity index (χ4v) is 1.82. The second-order valence-electron chi connectivity index (χ2n) is 4.74. The third-order valence-corrected chi connectivity index (χ3v) is 2.82. The molecule has 23 heavy (non-hydrogen) atoms. The third kappa shape index (κ3) is 5.06. The summed E-state index contributed by atoms with van der Waals surface area (Å²) in [7, 11) is 0. The molecule has 0 saturated carbocycles. The first-order valence-electron chi connectivity index (χ1n) is 7.24. The van der Waals surface area contributed by atoms with Crippen LogP contribution in [0.1, 0.15) is 23.0 Å². The Balaban J connectivity index is 1.79. The van der Waals surface area contributed by atoms with Crippen LogP contribution in [0.5, 0.6) is 0 Å². The minimum Gasteiger partial charge on any atom is -0.355 e. The fraction of sp³-hybridized carbons (Fsp3) is 0.357. The van der Waals surface area contributed by atoms with E-state index in [-0.39, 0.29) is 11.5 Å². The van der Waals surface area contributed by atoms with Crippen molar-refractivity contribution >= 4 is 17.8 Å². The van der Waals surface area contributed by atoms with Gasteiger partial charge in [0.25, 0.3) is 11.5 Å². The third-order valence-electron chi connectivity index (χ3n) is 2.82. The van der Waals surface area contributed by atoms with Crippen molar-refractivity contribution < 1.29 is 4.79 Å². The van der Waals surface area contributed by atoms with E-state index in [1.165, 1.54) is 18.5 Å². The maximum Gasteiger partial charge on any atom is 0.254 e. The lowest BCUT2D eigenvalue weighted by Gasteiger charge is -2.08. The van der Waals surface area contributed by atoms with Crippen molar-refractivity contribution in [3.8, 4) is 0 Å². The number of carbonyl (C=O) groups excluding carboxylic acids is 1. The summed E-state index contributed by atoms with van der Waals surface area (Å²) in [4.78, 5) is 38.0. The molecule has 9 heteroatoms. The zero-order valence-corrected chi connectivity index (χ0v) is 13.0. The molecule has 0 aromatic carbocycles. The molecule has 0 aliphatic carbocycles. The number of anilines is 2. The molecular formula is C14H19N7O2. The molecule has 0 aliphatic heterocycles. The molecule has 2 aromatic heterocycles. The molecule has 0 aliphatic rings. The van der Waals surface area contributed by atoms with Gasteiger partial charge in [0.15, 0.2) is 0 Å². The van der Waals surface area contributed by atoms with Crippen LogP contribution in [0.2, 0.25) is 0 Å². The van der Waals surface area contributed by atoms with Gasteiger partial charge in [-0.3, -0.25) is 14.6 Å². The number of rotatable bonds is 7. The highest BCUT2D eigenvalue weighted by atomic mass is 16.1. The van der Waals surface area contributed by atoms with Crippen molar-refractivity contribution in [1.82, 2.24) is 25.3 Å². The highest BCUT2D eigenvalue weighted by Crippen LogP contribution is 2.00. The summed E-state index contributed by atoms with van der Waals surface area (Å²) in [6, 6.07) is 1.41. The smallest absolute Gasteiger partial charge is 0.254 e. The summed E-state index contributed by atoms with van der Waals surface area (Å²) in [5, 5.41) is 8.62. The van der Waals surface area contributed by atoms with E-state index in [2.05, 4.69) is 35.9 Å². The lowest BCUT2D eigenvalue weighted by molar-refractivity contribution is 0.0954. The number of carbonyl (C=O) groups is 1. The second kappa shape index (κ2) is 7.87. The second-order valence-corrected chi connectivity index (χ2v) is 4.74. The van der Waals surface area contributed by atoms with Crippen LogP contribution in [-0.2, 0) is 0 Å². The van der Waals surface area contributed by atoms with Gasteiger partial charge in [0.2, 0.25) is 11.9 Å². The first-order chi connectivity index (χ1) is 11.1. The van der Waals surface area contributed by atoms with Gasteiger partial charge >= 0.3 is 0 Å².